The molecule has 2 aliphatic rings. The van der Waals surface area contributed by atoms with Crippen LogP contribution in [0.15, 0.2) is 72.8 Å². The molecule has 3 atom stereocenters. The SMILES string of the molecule is O=C(NC(c1cccc(Cl)c1)c1ccccc1C(F)(F)F)C1CSC2(c3ccc(F)cc3)CCC(=O)N12. The van der Waals surface area contributed by atoms with Crippen molar-refractivity contribution in [3.05, 3.63) is 106 Å². The van der Waals surface area contributed by atoms with E-state index in [1.54, 1.807) is 30.3 Å². The highest BCUT2D eigenvalue weighted by Crippen LogP contribution is 2.54. The first-order valence-corrected chi connectivity index (χ1v) is 12.9. The van der Waals surface area contributed by atoms with E-state index in [9.17, 15) is 27.2 Å². The van der Waals surface area contributed by atoms with Gasteiger partial charge < -0.3 is 10.2 Å². The molecule has 4 nitrogen and oxygen atoms in total. The average Bonchev–Trinajstić information content (AvgIpc) is 3.41. The van der Waals surface area contributed by atoms with Crippen molar-refractivity contribution in [2.45, 2.75) is 36.0 Å². The minimum absolute atomic E-state index is 0.131. The molecule has 3 unspecified atom stereocenters. The van der Waals surface area contributed by atoms with E-state index in [2.05, 4.69) is 5.32 Å². The van der Waals surface area contributed by atoms with Crippen LogP contribution in [-0.2, 0) is 20.6 Å². The van der Waals surface area contributed by atoms with Crippen LogP contribution in [0.25, 0.3) is 0 Å². The Balaban J connectivity index is 1.51. The molecule has 1 N–H and O–H groups in total. The number of rotatable bonds is 5. The van der Waals surface area contributed by atoms with Gasteiger partial charge in [0.05, 0.1) is 11.6 Å². The van der Waals surface area contributed by atoms with Gasteiger partial charge in [0.1, 0.15) is 16.7 Å². The summed E-state index contributed by atoms with van der Waals surface area (Å²) in [6.07, 6.45) is -3.99. The summed E-state index contributed by atoms with van der Waals surface area (Å²) in [6.45, 7) is 0. The molecule has 0 aliphatic carbocycles. The molecule has 5 rings (SSSR count). The van der Waals surface area contributed by atoms with E-state index in [4.69, 9.17) is 11.6 Å². The number of nitrogens with one attached hydrogen (secondary N) is 1. The quantitative estimate of drug-likeness (QED) is 0.381. The molecule has 0 bridgehead atoms. The molecule has 37 heavy (non-hydrogen) atoms. The zero-order valence-corrected chi connectivity index (χ0v) is 20.8. The largest absolute Gasteiger partial charge is 0.416 e. The Kier molecular flexibility index (Phi) is 6.70. The molecule has 10 heteroatoms. The van der Waals surface area contributed by atoms with Crippen LogP contribution in [0.4, 0.5) is 17.6 Å². The van der Waals surface area contributed by atoms with Gasteiger partial charge >= 0.3 is 6.18 Å². The van der Waals surface area contributed by atoms with E-state index >= 15 is 0 Å². The number of carbonyl (C=O) groups excluding carboxylic acids is 2. The van der Waals surface area contributed by atoms with Gasteiger partial charge in [-0.05, 0) is 53.4 Å². The predicted octanol–water partition coefficient (Wildman–Crippen LogP) is 6.29. The van der Waals surface area contributed by atoms with E-state index < -0.39 is 40.4 Å². The third-order valence-electron chi connectivity index (χ3n) is 6.77. The van der Waals surface area contributed by atoms with Crippen LogP contribution in [0.2, 0.25) is 5.02 Å². The lowest BCUT2D eigenvalue weighted by Gasteiger charge is -2.34. The van der Waals surface area contributed by atoms with Crippen molar-refractivity contribution < 1.29 is 27.2 Å². The van der Waals surface area contributed by atoms with E-state index in [1.165, 1.54) is 53.1 Å². The Morgan fingerprint density at radius 2 is 1.81 bits per heavy atom. The summed E-state index contributed by atoms with van der Waals surface area (Å²) in [5, 5.41) is 3.09. The van der Waals surface area contributed by atoms with Crippen LogP contribution in [0.3, 0.4) is 0 Å². The van der Waals surface area contributed by atoms with Gasteiger partial charge in [0.2, 0.25) is 11.8 Å². The molecule has 2 aliphatic heterocycles. The molecule has 0 saturated carbocycles. The summed E-state index contributed by atoms with van der Waals surface area (Å²) >= 11 is 7.55. The number of hydrogen-bond acceptors (Lipinski definition) is 3. The van der Waals surface area contributed by atoms with Crippen molar-refractivity contribution in [2.75, 3.05) is 5.75 Å². The highest BCUT2D eigenvalue weighted by atomic mass is 35.5. The van der Waals surface area contributed by atoms with Gasteiger partial charge in [0, 0.05) is 17.2 Å². The Morgan fingerprint density at radius 1 is 1.08 bits per heavy atom. The number of nitrogens with zero attached hydrogens (tertiary/aromatic N) is 1. The summed E-state index contributed by atoms with van der Waals surface area (Å²) < 4.78 is 55.3. The second-order valence-corrected chi connectivity index (χ2v) is 10.7. The Morgan fingerprint density at radius 3 is 2.51 bits per heavy atom. The summed E-state index contributed by atoms with van der Waals surface area (Å²) in [5.41, 5.74) is 0.0717. The number of thioether (sulfide) groups is 1. The maximum absolute atomic E-state index is 13.9. The van der Waals surface area contributed by atoms with Crippen molar-refractivity contribution in [1.29, 1.82) is 0 Å². The summed E-state index contributed by atoms with van der Waals surface area (Å²) in [4.78, 5) is 27.3. The Hall–Kier alpha value is -3.04. The first kappa shape index (κ1) is 25.6. The van der Waals surface area contributed by atoms with Gasteiger partial charge in [-0.25, -0.2) is 4.39 Å². The van der Waals surface area contributed by atoms with Gasteiger partial charge in [-0.3, -0.25) is 9.59 Å². The van der Waals surface area contributed by atoms with Crippen molar-refractivity contribution in [3.63, 3.8) is 0 Å². The summed E-state index contributed by atoms with van der Waals surface area (Å²) in [7, 11) is 0. The standard InChI is InChI=1S/C27H21ClF4N2O2S/c28-18-5-3-4-16(14-18)24(20-6-1-2-7-21(20)27(30,31)32)33-25(36)22-15-37-26(13-12-23(35)34(22)26)17-8-10-19(29)11-9-17/h1-11,14,22,24H,12-13,15H2,(H,33,36). The molecule has 2 heterocycles. The van der Waals surface area contributed by atoms with Crippen LogP contribution < -0.4 is 5.32 Å². The first-order valence-electron chi connectivity index (χ1n) is 11.5. The van der Waals surface area contributed by atoms with Crippen LogP contribution in [0.5, 0.6) is 0 Å². The van der Waals surface area contributed by atoms with Crippen LogP contribution in [-0.4, -0.2) is 28.5 Å². The molecule has 0 spiro atoms. The number of amides is 2. The second-order valence-electron chi connectivity index (χ2n) is 8.96. The molecule has 2 fully saturated rings. The normalized spacial score (nSPS) is 22.1. The van der Waals surface area contributed by atoms with Crippen LogP contribution in [0, 0.1) is 5.82 Å². The van der Waals surface area contributed by atoms with Crippen molar-refractivity contribution >= 4 is 35.2 Å². The van der Waals surface area contributed by atoms with Crippen molar-refractivity contribution in [1.82, 2.24) is 10.2 Å². The number of benzene rings is 3. The number of carbonyl (C=O) groups is 2. The van der Waals surface area contributed by atoms with Crippen LogP contribution >= 0.6 is 23.4 Å². The van der Waals surface area contributed by atoms with Gasteiger partial charge in [-0.2, -0.15) is 13.2 Å². The molecule has 0 radical (unpaired) electrons. The maximum Gasteiger partial charge on any atom is 0.416 e. The Bertz CT molecular complexity index is 1350. The van der Waals surface area contributed by atoms with E-state index in [-0.39, 0.29) is 23.6 Å². The van der Waals surface area contributed by atoms with E-state index in [0.717, 1.165) is 6.07 Å². The third-order valence-corrected chi connectivity index (χ3v) is 8.60. The first-order chi connectivity index (χ1) is 17.6. The van der Waals surface area contributed by atoms with Gasteiger partial charge in [0.15, 0.2) is 0 Å². The van der Waals surface area contributed by atoms with Gasteiger partial charge in [-0.1, -0.05) is 54.1 Å². The Labute approximate surface area is 220 Å². The minimum Gasteiger partial charge on any atom is -0.343 e. The maximum atomic E-state index is 13.9. The van der Waals surface area contributed by atoms with E-state index in [1.807, 2.05) is 0 Å². The lowest BCUT2D eigenvalue weighted by Crippen LogP contribution is -2.50. The average molecular weight is 549 g/mol. The summed E-state index contributed by atoms with van der Waals surface area (Å²) in [5.74, 6) is -0.975. The second kappa shape index (κ2) is 9.68. The van der Waals surface area contributed by atoms with Crippen molar-refractivity contribution in [2.24, 2.45) is 0 Å². The predicted molar refractivity (Wildman–Crippen MR) is 133 cm³/mol. The zero-order valence-electron chi connectivity index (χ0n) is 19.3. The zero-order chi connectivity index (χ0) is 26.4. The number of alkyl halides is 3. The number of hydrogen-bond donors (Lipinski definition) is 1. The monoisotopic (exact) mass is 548 g/mol. The minimum atomic E-state index is -4.65. The lowest BCUT2D eigenvalue weighted by molar-refractivity contribution is -0.139. The lowest BCUT2D eigenvalue weighted by atomic mass is 9.93. The highest BCUT2D eigenvalue weighted by molar-refractivity contribution is 8.00. The third kappa shape index (κ3) is 4.70. The molecular formula is C27H21ClF4N2O2S. The molecular weight excluding hydrogens is 528 g/mol. The highest BCUT2D eigenvalue weighted by Gasteiger charge is 2.57. The fourth-order valence-corrected chi connectivity index (χ4v) is 6.97. The smallest absolute Gasteiger partial charge is 0.343 e. The number of fused-ring (bicyclic) bond motifs is 1. The van der Waals surface area contributed by atoms with Gasteiger partial charge in [-0.15, -0.1) is 11.8 Å². The van der Waals surface area contributed by atoms with Crippen molar-refractivity contribution in [3.8, 4) is 0 Å². The fourth-order valence-electron chi connectivity index (χ4n) is 5.12. The number of halogens is 5. The molecule has 3 aromatic carbocycles. The summed E-state index contributed by atoms with van der Waals surface area (Å²) in [6, 6.07) is 15.1. The topological polar surface area (TPSA) is 49.4 Å². The molecule has 0 aromatic heterocycles. The fraction of sp³-hybridized carbons (Fsp3) is 0.259. The molecule has 192 valence electrons. The van der Waals surface area contributed by atoms with Crippen LogP contribution in [0.1, 0.15) is 41.1 Å². The van der Waals surface area contributed by atoms with E-state index in [0.29, 0.717) is 22.6 Å². The van der Waals surface area contributed by atoms with Gasteiger partial charge in [0.25, 0.3) is 0 Å². The molecule has 3 aromatic rings. The molecule has 2 amide bonds. The molecule has 2 saturated heterocycles.